The molecule has 2 heterocycles. The number of amides is 1. The summed E-state index contributed by atoms with van der Waals surface area (Å²) < 4.78 is 25.3. The number of benzene rings is 2. The van der Waals surface area contributed by atoms with Crippen LogP contribution in [0.2, 0.25) is 5.02 Å². The number of aromatic nitrogens is 2. The lowest BCUT2D eigenvalue weighted by atomic mass is 10.1. The molecule has 1 aliphatic heterocycles. The Kier molecular flexibility index (Phi) is 7.17. The van der Waals surface area contributed by atoms with Crippen LogP contribution in [-0.2, 0) is 9.53 Å². The van der Waals surface area contributed by atoms with Gasteiger partial charge in [0.1, 0.15) is 30.3 Å². The van der Waals surface area contributed by atoms with Gasteiger partial charge in [-0.15, -0.1) is 0 Å². The molecule has 5 rings (SSSR count). The van der Waals surface area contributed by atoms with Crippen LogP contribution >= 0.6 is 11.6 Å². The minimum atomic E-state index is -0.519. The highest BCUT2D eigenvalue weighted by atomic mass is 35.5. The molecular formula is C27H27ClFN6O3+. The average Bonchev–Trinajstić information content (AvgIpc) is 3.26. The van der Waals surface area contributed by atoms with Gasteiger partial charge in [0.15, 0.2) is 0 Å². The van der Waals surface area contributed by atoms with Gasteiger partial charge >= 0.3 is 5.54 Å². The van der Waals surface area contributed by atoms with Crippen molar-refractivity contribution in [2.45, 2.75) is 5.54 Å². The first-order chi connectivity index (χ1) is 18.3. The lowest BCUT2D eigenvalue weighted by Crippen LogP contribution is -2.17. The molecule has 38 heavy (non-hydrogen) atoms. The van der Waals surface area contributed by atoms with E-state index in [1.807, 2.05) is 19.0 Å². The van der Waals surface area contributed by atoms with Crippen LogP contribution in [0.1, 0.15) is 0 Å². The molecule has 1 saturated heterocycles. The fourth-order valence-corrected chi connectivity index (χ4v) is 4.92. The first kappa shape index (κ1) is 25.9. The number of hydrogen-bond acceptors (Lipinski definition) is 7. The van der Waals surface area contributed by atoms with E-state index < -0.39 is 11.4 Å². The smallest absolute Gasteiger partial charge is 0.315 e. The van der Waals surface area contributed by atoms with E-state index in [1.54, 1.807) is 24.3 Å². The summed E-state index contributed by atoms with van der Waals surface area (Å²) in [6.07, 6.45) is 4.65. The molecule has 1 aromatic heterocycles. The Hall–Kier alpha value is -3.78. The predicted octanol–water partition coefficient (Wildman–Crippen LogP) is 4.58. The topological polar surface area (TPSA) is 93.0 Å². The number of ether oxygens (including phenoxy) is 2. The molecule has 0 bridgehead atoms. The van der Waals surface area contributed by atoms with Crippen LogP contribution in [0.4, 0.5) is 21.6 Å². The maximum Gasteiger partial charge on any atom is 0.315 e. The molecule has 2 N–H and O–H groups in total. The van der Waals surface area contributed by atoms with Crippen molar-refractivity contribution >= 4 is 45.6 Å². The van der Waals surface area contributed by atoms with E-state index in [9.17, 15) is 9.18 Å². The number of carbonyl (C=O) groups is 1. The highest BCUT2D eigenvalue weighted by molar-refractivity contribution is 6.31. The number of carbonyl (C=O) groups excluding carboxylic acids is 1. The quantitative estimate of drug-likeness (QED) is 0.386. The average molecular weight is 538 g/mol. The van der Waals surface area contributed by atoms with Gasteiger partial charge in [-0.1, -0.05) is 22.5 Å². The van der Waals surface area contributed by atoms with E-state index in [0.29, 0.717) is 60.2 Å². The third-order valence-electron chi connectivity index (χ3n) is 6.87. The maximum atomic E-state index is 13.6. The van der Waals surface area contributed by atoms with E-state index in [0.717, 1.165) is 0 Å². The van der Waals surface area contributed by atoms with Crippen LogP contribution in [0.5, 0.6) is 5.75 Å². The zero-order valence-electron chi connectivity index (χ0n) is 20.9. The summed E-state index contributed by atoms with van der Waals surface area (Å²) >= 11 is 5.94. The van der Waals surface area contributed by atoms with Crippen molar-refractivity contribution in [3.63, 3.8) is 0 Å². The molecule has 9 nitrogen and oxygen atoms in total. The molecule has 1 amide bonds. The second-order valence-electron chi connectivity index (χ2n) is 9.65. The molecule has 3 unspecified atom stereocenters. The molecule has 11 heteroatoms. The number of rotatable bonds is 9. The fraction of sp³-hybridized carbons (Fsp3) is 0.333. The van der Waals surface area contributed by atoms with Gasteiger partial charge in [-0.3, -0.25) is 4.79 Å². The summed E-state index contributed by atoms with van der Waals surface area (Å²) in [5.74, 6) is 0.441. The second-order valence-corrected chi connectivity index (χ2v) is 10.1. The van der Waals surface area contributed by atoms with Gasteiger partial charge in [-0.25, -0.2) is 14.4 Å². The SMILES string of the molecule is C#[N+]C12COCC1C2COc1cc2ncnc(Nc3ccc(F)c(Cl)c3)c2cc1NC(=O)C=CCN(C)C. The van der Waals surface area contributed by atoms with Gasteiger partial charge in [0.05, 0.1) is 41.3 Å². The summed E-state index contributed by atoms with van der Waals surface area (Å²) in [5.41, 5.74) is 1.19. The van der Waals surface area contributed by atoms with Gasteiger partial charge in [0, 0.05) is 29.8 Å². The van der Waals surface area contributed by atoms with Crippen LogP contribution in [0.3, 0.4) is 0 Å². The number of hydrogen-bond donors (Lipinski definition) is 2. The molecule has 3 aromatic rings. The third-order valence-corrected chi connectivity index (χ3v) is 7.16. The number of anilines is 3. The Bertz CT molecular complexity index is 1460. The third kappa shape index (κ3) is 5.13. The molecule has 1 saturated carbocycles. The van der Waals surface area contributed by atoms with Gasteiger partial charge < -0.3 is 25.0 Å². The van der Waals surface area contributed by atoms with Crippen molar-refractivity contribution in [2.24, 2.45) is 11.8 Å². The van der Waals surface area contributed by atoms with Crippen molar-refractivity contribution < 1.29 is 18.7 Å². The van der Waals surface area contributed by atoms with Crippen molar-refractivity contribution in [3.8, 4) is 12.3 Å². The Morgan fingerprint density at radius 3 is 2.95 bits per heavy atom. The zero-order valence-corrected chi connectivity index (χ0v) is 21.7. The first-order valence-electron chi connectivity index (χ1n) is 12.1. The summed E-state index contributed by atoms with van der Waals surface area (Å²) in [4.78, 5) is 27.5. The lowest BCUT2D eigenvalue weighted by molar-refractivity contribution is -0.111. The van der Waals surface area contributed by atoms with Crippen LogP contribution in [0.25, 0.3) is 15.7 Å². The number of likely N-dealkylation sites (N-methyl/N-ethyl adjacent to an activating group) is 1. The summed E-state index contributed by atoms with van der Waals surface area (Å²) in [5, 5.41) is 6.66. The zero-order chi connectivity index (χ0) is 26.9. The highest BCUT2D eigenvalue weighted by Crippen LogP contribution is 2.58. The second kappa shape index (κ2) is 10.5. The van der Waals surface area contributed by atoms with Gasteiger partial charge in [0.2, 0.25) is 5.91 Å². The first-order valence-corrected chi connectivity index (χ1v) is 12.4. The van der Waals surface area contributed by atoms with Crippen LogP contribution in [0, 0.1) is 24.2 Å². The maximum absolute atomic E-state index is 13.6. The van der Waals surface area contributed by atoms with Crippen LogP contribution < -0.4 is 15.4 Å². The monoisotopic (exact) mass is 537 g/mol. The van der Waals surface area contributed by atoms with Crippen molar-refractivity contribution in [2.75, 3.05) is 51.1 Å². The van der Waals surface area contributed by atoms with Gasteiger partial charge in [0.25, 0.3) is 6.57 Å². The van der Waals surface area contributed by atoms with Crippen molar-refractivity contribution in [1.82, 2.24) is 14.9 Å². The largest absolute Gasteiger partial charge is 0.491 e. The predicted molar refractivity (Wildman–Crippen MR) is 145 cm³/mol. The number of nitrogens with zero attached hydrogens (tertiary/aromatic N) is 4. The van der Waals surface area contributed by atoms with E-state index in [4.69, 9.17) is 27.6 Å². The summed E-state index contributed by atoms with van der Waals surface area (Å²) in [6, 6.07) is 7.79. The molecule has 1 aliphatic carbocycles. The van der Waals surface area contributed by atoms with Crippen LogP contribution in [0.15, 0.2) is 48.8 Å². The molecule has 0 spiro atoms. The Labute approximate surface area is 224 Å². The van der Waals surface area contributed by atoms with Crippen LogP contribution in [-0.4, -0.2) is 66.8 Å². The lowest BCUT2D eigenvalue weighted by Gasteiger charge is -2.15. The summed E-state index contributed by atoms with van der Waals surface area (Å²) in [6.45, 7) is 7.74. The minimum Gasteiger partial charge on any atom is -0.491 e. The van der Waals surface area contributed by atoms with E-state index in [-0.39, 0.29) is 22.8 Å². The van der Waals surface area contributed by atoms with Crippen molar-refractivity contribution in [3.05, 3.63) is 64.5 Å². The molecule has 0 radical (unpaired) electrons. The molecular weight excluding hydrogens is 511 g/mol. The molecule has 3 atom stereocenters. The Balaban J connectivity index is 1.45. The Morgan fingerprint density at radius 1 is 1.37 bits per heavy atom. The summed E-state index contributed by atoms with van der Waals surface area (Å²) in [7, 11) is 3.83. The standard InChI is InChI=1S/C27H26ClFN6O3/c1-30-27-14-37-12-18(27)19(27)13-38-24-11-22-17(10-23(24)34-25(36)5-4-8-35(2)3)26(32-15-31-22)33-16-6-7-21(29)20(28)9-16/h1,4-7,9-11,15,18-19H,8,12-14H2,2-3H3,(H-,31,32,33,34,36)/p+1. The van der Waals surface area contributed by atoms with Crippen molar-refractivity contribution in [1.29, 1.82) is 0 Å². The molecule has 2 aromatic carbocycles. The van der Waals surface area contributed by atoms with E-state index in [2.05, 4.69) is 25.4 Å². The molecule has 196 valence electrons. The van der Waals surface area contributed by atoms with Gasteiger partial charge in [-0.2, -0.15) is 0 Å². The molecule has 2 fully saturated rings. The van der Waals surface area contributed by atoms with Gasteiger partial charge in [-0.05, 0) is 38.4 Å². The molecule has 2 aliphatic rings. The highest BCUT2D eigenvalue weighted by Gasteiger charge is 2.79. The fourth-order valence-electron chi connectivity index (χ4n) is 4.74. The number of fused-ring (bicyclic) bond motifs is 2. The Morgan fingerprint density at radius 2 is 2.21 bits per heavy atom. The normalized spacial score (nSPS) is 21.9. The van der Waals surface area contributed by atoms with E-state index in [1.165, 1.54) is 24.5 Å². The minimum absolute atomic E-state index is 0.0151. The number of nitrogens with one attached hydrogen (secondary N) is 2. The number of halogens is 2. The van der Waals surface area contributed by atoms with E-state index >= 15 is 0 Å².